The second-order valence-electron chi connectivity index (χ2n) is 7.26. The van der Waals surface area contributed by atoms with E-state index in [2.05, 4.69) is 0 Å². The van der Waals surface area contributed by atoms with Crippen molar-refractivity contribution in [1.29, 1.82) is 0 Å². The summed E-state index contributed by atoms with van der Waals surface area (Å²) in [6, 6.07) is 11.0. The smallest absolute Gasteiger partial charge is 0.507 e. The van der Waals surface area contributed by atoms with E-state index in [0.717, 1.165) is 16.5 Å². The number of aromatic hydroxyl groups is 1. The first-order valence-corrected chi connectivity index (χ1v) is 11.0. The van der Waals surface area contributed by atoms with Gasteiger partial charge in [0.15, 0.2) is 0 Å². The third-order valence-electron chi connectivity index (χ3n) is 5.33. The number of benzene rings is 2. The molecule has 2 amide bonds. The van der Waals surface area contributed by atoms with Gasteiger partial charge >= 0.3 is 40.0 Å². The first-order valence-electron chi connectivity index (χ1n) is 9.56. The van der Waals surface area contributed by atoms with Crippen LogP contribution in [0, 0.1) is 10.1 Å². The molecule has 2 aromatic rings. The van der Waals surface area contributed by atoms with Gasteiger partial charge in [-0.25, -0.2) is 0 Å². The zero-order valence-electron chi connectivity index (χ0n) is 19.7. The van der Waals surface area contributed by atoms with Crippen LogP contribution < -0.4 is 35.3 Å². The zero-order valence-corrected chi connectivity index (χ0v) is 22.6. The van der Waals surface area contributed by atoms with E-state index < -0.39 is 10.4 Å². The van der Waals surface area contributed by atoms with E-state index >= 15 is 0 Å². The second-order valence-corrected chi connectivity index (χ2v) is 8.15. The van der Waals surface area contributed by atoms with E-state index in [4.69, 9.17) is 33.4 Å². The fourth-order valence-corrected chi connectivity index (χ4v) is 3.44. The molecule has 0 saturated heterocycles. The third-order valence-corrected chi connectivity index (χ3v) is 5.33. The van der Waals surface area contributed by atoms with Crippen LogP contribution >= 0.6 is 0 Å². The Morgan fingerprint density at radius 3 is 1.63 bits per heavy atom. The molecular weight excluding hydrogens is 495 g/mol. The van der Waals surface area contributed by atoms with Crippen molar-refractivity contribution in [2.75, 3.05) is 19.8 Å². The molecule has 15 heteroatoms. The summed E-state index contributed by atoms with van der Waals surface area (Å²) in [7, 11) is -1.13. The van der Waals surface area contributed by atoms with Crippen LogP contribution in [0.3, 0.4) is 0 Å². The van der Waals surface area contributed by atoms with Crippen molar-refractivity contribution in [3.05, 3.63) is 68.8 Å². The van der Waals surface area contributed by atoms with E-state index in [1.165, 1.54) is 0 Å². The Hall–Kier alpha value is -2.75. The molecule has 0 radical (unpaired) electrons. The van der Waals surface area contributed by atoms with E-state index in [1.807, 2.05) is 32.0 Å². The van der Waals surface area contributed by atoms with Crippen molar-refractivity contribution in [3.63, 3.8) is 0 Å². The molecule has 2 aliphatic heterocycles. The van der Waals surface area contributed by atoms with E-state index in [9.17, 15) is 14.7 Å². The van der Waals surface area contributed by atoms with Gasteiger partial charge in [0, 0.05) is 19.8 Å². The topological polar surface area (TPSA) is 214 Å². The van der Waals surface area contributed by atoms with Gasteiger partial charge in [-0.1, -0.05) is 24.3 Å². The van der Waals surface area contributed by atoms with Crippen molar-refractivity contribution in [1.82, 2.24) is 9.80 Å². The number of phenols is 1. The summed E-state index contributed by atoms with van der Waals surface area (Å²) in [5.74, 6) is 0.0138. The number of carbonyl (C=O) groups is 2. The predicted molar refractivity (Wildman–Crippen MR) is 123 cm³/mol. The fourth-order valence-electron chi connectivity index (χ4n) is 3.44. The van der Waals surface area contributed by atoms with Crippen LogP contribution in [-0.2, 0) is 10.4 Å². The molecule has 2 aromatic carbocycles. The van der Waals surface area contributed by atoms with Crippen molar-refractivity contribution in [2.24, 2.45) is 5.34 Å². The summed E-state index contributed by atoms with van der Waals surface area (Å²) >= 11 is 0. The van der Waals surface area contributed by atoms with Crippen LogP contribution in [-0.4, -0.2) is 58.3 Å². The minimum atomic E-state index is -4.67. The third kappa shape index (κ3) is 8.16. The maximum Gasteiger partial charge on any atom is 1.00 e. The second kappa shape index (κ2) is 13.4. The maximum absolute atomic E-state index is 11.7. The van der Waals surface area contributed by atoms with Crippen LogP contribution in [0.25, 0.3) is 0 Å². The quantitative estimate of drug-likeness (QED) is 0.115. The number of phenolic OH excluding ortho intramolecular Hbond substituents is 1. The summed E-state index contributed by atoms with van der Waals surface area (Å²) in [6.45, 7) is 3.95. The number of nitrogens with two attached hydrogens (primary N) is 1. The minimum Gasteiger partial charge on any atom is -0.507 e. The molecule has 0 spiro atoms. The molecule has 13 nitrogen and oxygen atoms in total. The van der Waals surface area contributed by atoms with Gasteiger partial charge in [-0.15, -0.1) is 5.34 Å². The van der Waals surface area contributed by atoms with Gasteiger partial charge in [0.2, 0.25) is 0 Å². The van der Waals surface area contributed by atoms with Crippen LogP contribution in [0.1, 0.15) is 57.8 Å². The molecule has 0 bridgehead atoms. The SMILES string of the molecule is CC1c2cccc(N)c2C(=O)N1C.CC1c2cccc(O)c2C(=O)N1C.O=N[O-].O=S(=O)(O)O.[Na+]. The molecular formula is C20H25N4NaO9S. The van der Waals surface area contributed by atoms with Crippen LogP contribution in [0.2, 0.25) is 0 Å². The Balaban J connectivity index is 0.000000499. The number of nitrogens with zero attached hydrogens (tertiary/aromatic N) is 3. The number of carbonyl (C=O) groups excluding carboxylic acids is 2. The number of hydrogen-bond acceptors (Lipinski definition) is 9. The summed E-state index contributed by atoms with van der Waals surface area (Å²) in [5.41, 5.74) is 9.40. The van der Waals surface area contributed by atoms with Gasteiger partial charge in [-0.2, -0.15) is 8.42 Å². The summed E-state index contributed by atoms with van der Waals surface area (Å²) in [5, 5.41) is 18.5. The molecule has 0 fully saturated rings. The van der Waals surface area contributed by atoms with Gasteiger partial charge in [-0.05, 0) is 37.1 Å². The minimum absolute atomic E-state index is 0. The molecule has 0 aromatic heterocycles. The molecule has 186 valence electrons. The van der Waals surface area contributed by atoms with Gasteiger partial charge in [0.1, 0.15) is 5.75 Å². The Kier molecular flexibility index (Phi) is 12.3. The van der Waals surface area contributed by atoms with Crippen molar-refractivity contribution in [3.8, 4) is 5.75 Å². The number of fused-ring (bicyclic) bond motifs is 2. The Morgan fingerprint density at radius 1 is 0.914 bits per heavy atom. The molecule has 2 aliphatic rings. The van der Waals surface area contributed by atoms with E-state index in [0.29, 0.717) is 16.8 Å². The van der Waals surface area contributed by atoms with Crippen molar-refractivity contribution in [2.45, 2.75) is 25.9 Å². The number of hydrogen-bond donors (Lipinski definition) is 4. The largest absolute Gasteiger partial charge is 1.00 e. The number of anilines is 1. The van der Waals surface area contributed by atoms with E-state index in [-0.39, 0.29) is 59.2 Å². The van der Waals surface area contributed by atoms with Gasteiger partial charge < -0.3 is 30.8 Å². The normalized spacial score (nSPS) is 17.3. The molecule has 2 heterocycles. The average Bonchev–Trinajstić information content (AvgIpc) is 3.10. The Bertz CT molecular complexity index is 1100. The van der Waals surface area contributed by atoms with Crippen LogP contribution in [0.15, 0.2) is 41.7 Å². The van der Waals surface area contributed by atoms with Gasteiger partial charge in [0.05, 0.1) is 23.2 Å². The van der Waals surface area contributed by atoms with Gasteiger partial charge in [0.25, 0.3) is 11.8 Å². The van der Waals surface area contributed by atoms with E-state index in [1.54, 1.807) is 42.1 Å². The first-order chi connectivity index (χ1) is 15.7. The number of nitrogen functional groups attached to an aromatic ring is 1. The molecule has 35 heavy (non-hydrogen) atoms. The van der Waals surface area contributed by atoms with Crippen LogP contribution in [0.5, 0.6) is 5.75 Å². The Morgan fingerprint density at radius 2 is 1.26 bits per heavy atom. The molecule has 5 N–H and O–H groups in total. The summed E-state index contributed by atoms with van der Waals surface area (Å²) in [4.78, 5) is 34.6. The molecule has 2 atom stereocenters. The predicted octanol–water partition coefficient (Wildman–Crippen LogP) is -0.444. The first kappa shape index (κ1) is 32.2. The van der Waals surface area contributed by atoms with Crippen molar-refractivity contribution >= 4 is 27.9 Å². The molecule has 0 saturated carbocycles. The van der Waals surface area contributed by atoms with Gasteiger partial charge in [-0.3, -0.25) is 18.7 Å². The Labute approximate surface area is 224 Å². The van der Waals surface area contributed by atoms with Crippen LogP contribution in [0.4, 0.5) is 5.69 Å². The zero-order chi connectivity index (χ0) is 26.4. The summed E-state index contributed by atoms with van der Waals surface area (Å²) in [6.07, 6.45) is 0. The fraction of sp³-hybridized carbons (Fsp3) is 0.300. The number of amides is 2. The maximum atomic E-state index is 11.7. The molecule has 2 unspecified atom stereocenters. The standard InChI is InChI=1S/C10H12N2O.C10H11NO2.HNO2.Na.H2O4S/c1-6-7-4-3-5-8(11)9(7)10(13)12(6)2;1-6-7-4-3-5-8(12)9(7)10(13)11(6)2;2-1-3;;1-5(2,3)4/h3-6H,11H2,1-2H3;3-6,12H,1-2H3;(H,2,3);;(H2,1,2,3,4)/q;;;+1;/p-1. The molecule has 0 aliphatic carbocycles. The number of rotatable bonds is 0. The van der Waals surface area contributed by atoms with Crippen molar-refractivity contribution < 1.29 is 61.8 Å². The monoisotopic (exact) mass is 520 g/mol. The average molecular weight is 520 g/mol. The molecule has 4 rings (SSSR count). The summed E-state index contributed by atoms with van der Waals surface area (Å²) < 4.78 is 31.6.